The fourth-order valence-corrected chi connectivity index (χ4v) is 3.35. The van der Waals surface area contributed by atoms with Gasteiger partial charge in [0, 0.05) is 19.6 Å². The summed E-state index contributed by atoms with van der Waals surface area (Å²) in [5.74, 6) is -1.20. The van der Waals surface area contributed by atoms with Gasteiger partial charge in [0.05, 0.1) is 18.8 Å². The molecule has 19 heavy (non-hydrogen) atoms. The minimum absolute atomic E-state index is 0.0521. The van der Waals surface area contributed by atoms with E-state index in [-0.39, 0.29) is 26.1 Å². The molecule has 2 saturated heterocycles. The first kappa shape index (κ1) is 14.6. The normalized spacial score (nSPS) is 31.1. The molecule has 6 N–H and O–H groups in total. The van der Waals surface area contributed by atoms with Crippen LogP contribution in [0, 0.1) is 0 Å². The molecule has 1 atom stereocenters. The van der Waals surface area contributed by atoms with Crippen LogP contribution in [0.15, 0.2) is 0 Å². The maximum Gasteiger partial charge on any atom is 0.325 e. The number of carboxylic acid groups (broad SMARTS) is 1. The number of nitrogens with one attached hydrogen (secondary N) is 1. The first-order chi connectivity index (χ1) is 8.67. The van der Waals surface area contributed by atoms with E-state index in [9.17, 15) is 13.2 Å². The predicted molar refractivity (Wildman–Crippen MR) is 65.4 cm³/mol. The van der Waals surface area contributed by atoms with Gasteiger partial charge in [-0.2, -0.15) is 12.7 Å². The van der Waals surface area contributed by atoms with Gasteiger partial charge in [-0.25, -0.2) is 4.72 Å². The summed E-state index contributed by atoms with van der Waals surface area (Å²) >= 11 is 0. The van der Waals surface area contributed by atoms with Gasteiger partial charge in [-0.1, -0.05) is 0 Å². The lowest BCUT2D eigenvalue weighted by molar-refractivity contribution is -0.142. The van der Waals surface area contributed by atoms with Crippen LogP contribution in [0.2, 0.25) is 0 Å². The minimum Gasteiger partial charge on any atom is -0.480 e. The van der Waals surface area contributed by atoms with Gasteiger partial charge in [0.25, 0.3) is 10.2 Å². The van der Waals surface area contributed by atoms with Gasteiger partial charge >= 0.3 is 5.97 Å². The van der Waals surface area contributed by atoms with Crippen molar-refractivity contribution < 1.29 is 23.1 Å². The molecule has 2 fully saturated rings. The van der Waals surface area contributed by atoms with Crippen molar-refractivity contribution in [3.8, 4) is 0 Å². The standard InChI is InChI=1S/C9H18N4O5S/c10-8(5-18-6-8)3-12-19(16,17)13-2-1-9(11,4-13)7(14)15/h12H,1-6,10-11H2,(H,14,15)/t9-/m1/s1. The Balaban J connectivity index is 1.96. The number of hydrogen-bond acceptors (Lipinski definition) is 6. The van der Waals surface area contributed by atoms with Gasteiger partial charge in [-0.05, 0) is 6.42 Å². The van der Waals surface area contributed by atoms with Gasteiger partial charge in [0.2, 0.25) is 0 Å². The number of hydrogen-bond donors (Lipinski definition) is 4. The largest absolute Gasteiger partial charge is 0.480 e. The average molecular weight is 294 g/mol. The molecule has 110 valence electrons. The molecule has 0 amide bonds. The summed E-state index contributed by atoms with van der Waals surface area (Å²) in [6, 6.07) is 0. The lowest BCUT2D eigenvalue weighted by atomic mass is 10.0. The van der Waals surface area contributed by atoms with Crippen LogP contribution in [-0.2, 0) is 19.7 Å². The van der Waals surface area contributed by atoms with E-state index in [0.29, 0.717) is 13.2 Å². The highest BCUT2D eigenvalue weighted by atomic mass is 32.2. The van der Waals surface area contributed by atoms with Crippen molar-refractivity contribution in [1.82, 2.24) is 9.03 Å². The van der Waals surface area contributed by atoms with Gasteiger partial charge in [-0.15, -0.1) is 0 Å². The second-order valence-corrected chi connectivity index (χ2v) is 6.98. The number of ether oxygens (including phenoxy) is 1. The molecule has 0 unspecified atom stereocenters. The molecular formula is C9H18N4O5S. The summed E-state index contributed by atoms with van der Waals surface area (Å²) in [5, 5.41) is 8.96. The zero-order valence-electron chi connectivity index (χ0n) is 10.3. The molecule has 2 aliphatic rings. The Hall–Kier alpha value is -0.780. The maximum absolute atomic E-state index is 12.0. The summed E-state index contributed by atoms with van der Waals surface area (Å²) in [4.78, 5) is 11.0. The van der Waals surface area contributed by atoms with Crippen LogP contribution in [0.5, 0.6) is 0 Å². The summed E-state index contributed by atoms with van der Waals surface area (Å²) in [7, 11) is -3.77. The zero-order chi connectivity index (χ0) is 14.3. The van der Waals surface area contributed by atoms with Crippen LogP contribution >= 0.6 is 0 Å². The molecule has 0 aromatic carbocycles. The summed E-state index contributed by atoms with van der Waals surface area (Å²) in [5.41, 5.74) is 9.25. The molecule has 0 saturated carbocycles. The van der Waals surface area contributed by atoms with E-state index < -0.39 is 27.3 Å². The molecular weight excluding hydrogens is 276 g/mol. The quantitative estimate of drug-likeness (QED) is 0.423. The monoisotopic (exact) mass is 294 g/mol. The fourth-order valence-electron chi connectivity index (χ4n) is 1.97. The van der Waals surface area contributed by atoms with E-state index in [1.807, 2.05) is 0 Å². The molecule has 2 rings (SSSR count). The van der Waals surface area contributed by atoms with Crippen molar-refractivity contribution in [2.45, 2.75) is 17.5 Å². The Morgan fingerprint density at radius 1 is 1.42 bits per heavy atom. The number of carboxylic acids is 1. The predicted octanol–water partition coefficient (Wildman–Crippen LogP) is -2.96. The van der Waals surface area contributed by atoms with E-state index in [4.69, 9.17) is 21.3 Å². The molecule has 0 spiro atoms. The number of rotatable bonds is 5. The van der Waals surface area contributed by atoms with Crippen LogP contribution in [0.25, 0.3) is 0 Å². The second-order valence-electron chi connectivity index (χ2n) is 5.23. The summed E-state index contributed by atoms with van der Waals surface area (Å²) in [6.45, 7) is 0.478. The second kappa shape index (κ2) is 4.65. The zero-order valence-corrected chi connectivity index (χ0v) is 11.1. The summed E-state index contributed by atoms with van der Waals surface area (Å²) < 4.78 is 32.3. The highest BCUT2D eigenvalue weighted by molar-refractivity contribution is 7.87. The van der Waals surface area contributed by atoms with Crippen molar-refractivity contribution in [3.63, 3.8) is 0 Å². The molecule has 0 aromatic heterocycles. The molecule has 0 aliphatic carbocycles. The molecule has 2 heterocycles. The van der Waals surface area contributed by atoms with Crippen LogP contribution in [0.1, 0.15) is 6.42 Å². The van der Waals surface area contributed by atoms with Crippen molar-refractivity contribution in [1.29, 1.82) is 0 Å². The molecule has 10 heteroatoms. The Labute approximate surface area is 111 Å². The first-order valence-electron chi connectivity index (χ1n) is 5.81. The Morgan fingerprint density at radius 3 is 2.47 bits per heavy atom. The molecule has 0 radical (unpaired) electrons. The SMILES string of the molecule is NC1(CNS(=O)(=O)N2CC[C@](N)(C(=O)O)C2)COC1. The highest BCUT2D eigenvalue weighted by Crippen LogP contribution is 2.21. The van der Waals surface area contributed by atoms with Gasteiger partial charge < -0.3 is 21.3 Å². The maximum atomic E-state index is 12.0. The van der Waals surface area contributed by atoms with Crippen molar-refractivity contribution in [2.75, 3.05) is 32.8 Å². The minimum atomic E-state index is -3.77. The average Bonchev–Trinajstić information content (AvgIpc) is 2.69. The van der Waals surface area contributed by atoms with Gasteiger partial charge in [-0.3, -0.25) is 4.79 Å². The fraction of sp³-hybridized carbons (Fsp3) is 0.889. The van der Waals surface area contributed by atoms with E-state index in [0.717, 1.165) is 4.31 Å². The van der Waals surface area contributed by atoms with Crippen LogP contribution in [-0.4, -0.2) is 67.7 Å². The first-order valence-corrected chi connectivity index (χ1v) is 7.25. The number of nitrogens with two attached hydrogens (primary N) is 2. The third kappa shape index (κ3) is 2.88. The van der Waals surface area contributed by atoms with Crippen molar-refractivity contribution in [3.05, 3.63) is 0 Å². The lowest BCUT2D eigenvalue weighted by Gasteiger charge is -2.38. The molecule has 0 bridgehead atoms. The smallest absolute Gasteiger partial charge is 0.325 e. The lowest BCUT2D eigenvalue weighted by Crippen LogP contribution is -2.64. The number of carbonyl (C=O) groups is 1. The third-order valence-electron chi connectivity index (χ3n) is 3.42. The topological polar surface area (TPSA) is 148 Å². The van der Waals surface area contributed by atoms with E-state index in [2.05, 4.69) is 4.72 Å². The van der Waals surface area contributed by atoms with Crippen molar-refractivity contribution >= 4 is 16.2 Å². The highest BCUT2D eigenvalue weighted by Gasteiger charge is 2.46. The number of nitrogens with zero attached hydrogens (tertiary/aromatic N) is 1. The third-order valence-corrected chi connectivity index (χ3v) is 4.92. The van der Waals surface area contributed by atoms with Crippen molar-refractivity contribution in [2.24, 2.45) is 11.5 Å². The van der Waals surface area contributed by atoms with Crippen LogP contribution in [0.4, 0.5) is 0 Å². The summed E-state index contributed by atoms with van der Waals surface area (Å²) in [6.07, 6.45) is 0.0835. The Bertz CT molecular complexity index is 477. The van der Waals surface area contributed by atoms with Gasteiger partial charge in [0.15, 0.2) is 0 Å². The van der Waals surface area contributed by atoms with Crippen LogP contribution in [0.3, 0.4) is 0 Å². The van der Waals surface area contributed by atoms with Gasteiger partial charge in [0.1, 0.15) is 5.54 Å². The Morgan fingerprint density at radius 2 is 2.05 bits per heavy atom. The molecule has 2 aliphatic heterocycles. The molecule has 9 nitrogen and oxygen atoms in total. The van der Waals surface area contributed by atoms with E-state index in [1.54, 1.807) is 0 Å². The molecule has 0 aromatic rings. The Kier molecular flexibility index (Phi) is 3.58. The van der Waals surface area contributed by atoms with Crippen LogP contribution < -0.4 is 16.2 Å². The van der Waals surface area contributed by atoms with E-state index in [1.165, 1.54) is 0 Å². The van der Waals surface area contributed by atoms with E-state index >= 15 is 0 Å². The number of aliphatic carboxylic acids is 1.